The first-order chi connectivity index (χ1) is 15.9. The van der Waals surface area contributed by atoms with Gasteiger partial charge >= 0.3 is 12.1 Å². The lowest BCUT2D eigenvalue weighted by Crippen LogP contribution is -2.44. The summed E-state index contributed by atoms with van der Waals surface area (Å²) < 4.78 is 62.9. The standard InChI is InChI=1S/C24H31F3NO6P/c1-22(2,3)15-6-9-17(10-7-15)33-19-12-5-14-13-16(8-11-18(14)20(19)24(25,26)27)23(4,28)21(29)34-35(30,31)32/h5,8,11-13,15,17H,6-7,9-10,28H2,1-4H3,(H2,30,31,32)/p-2/t15?,17?,23-/m1/s1. The zero-order chi connectivity index (χ0) is 26.4. The van der Waals surface area contributed by atoms with Gasteiger partial charge in [0.15, 0.2) is 0 Å². The Bertz CT molecular complexity index is 1140. The number of phosphoric acid groups is 1. The van der Waals surface area contributed by atoms with Gasteiger partial charge < -0.3 is 29.3 Å². The van der Waals surface area contributed by atoms with Crippen molar-refractivity contribution in [2.75, 3.05) is 0 Å². The van der Waals surface area contributed by atoms with Crippen molar-refractivity contribution >= 4 is 24.6 Å². The average molecular weight is 515 g/mol. The molecule has 194 valence electrons. The van der Waals surface area contributed by atoms with E-state index in [1.54, 1.807) is 0 Å². The van der Waals surface area contributed by atoms with Gasteiger partial charge in [-0.15, -0.1) is 0 Å². The third kappa shape index (κ3) is 6.36. The SMILES string of the molecule is CC(C)(C)C1CCC(Oc2ccc3cc([C@@](C)(N)C(=O)OP(=O)([O-])[O-])ccc3c2C(F)(F)F)CC1. The Morgan fingerprint density at radius 2 is 1.63 bits per heavy atom. The maximum atomic E-state index is 14.1. The number of halogens is 3. The van der Waals surface area contributed by atoms with Crippen LogP contribution >= 0.6 is 7.82 Å². The van der Waals surface area contributed by atoms with E-state index in [-0.39, 0.29) is 33.6 Å². The first-order valence-corrected chi connectivity index (χ1v) is 12.7. The van der Waals surface area contributed by atoms with Gasteiger partial charge in [0.25, 0.3) is 0 Å². The van der Waals surface area contributed by atoms with Gasteiger partial charge in [0.05, 0.1) is 6.10 Å². The molecule has 0 aromatic heterocycles. The Kier molecular flexibility index (Phi) is 7.37. The van der Waals surface area contributed by atoms with Crippen LogP contribution in [0, 0.1) is 11.3 Å². The Morgan fingerprint density at radius 3 is 2.14 bits per heavy atom. The molecule has 11 heteroatoms. The van der Waals surface area contributed by atoms with Gasteiger partial charge in [0.1, 0.15) is 24.7 Å². The van der Waals surface area contributed by atoms with Crippen LogP contribution in [0.4, 0.5) is 13.2 Å². The molecule has 0 amide bonds. The maximum absolute atomic E-state index is 14.1. The molecule has 2 aromatic carbocycles. The summed E-state index contributed by atoms with van der Waals surface area (Å²) in [6.45, 7) is 7.57. The molecule has 0 unspecified atom stereocenters. The van der Waals surface area contributed by atoms with E-state index >= 15 is 0 Å². The Labute approximate surface area is 202 Å². The van der Waals surface area contributed by atoms with Gasteiger partial charge in [0, 0.05) is 0 Å². The second kappa shape index (κ2) is 9.39. The van der Waals surface area contributed by atoms with Crippen molar-refractivity contribution in [3.05, 3.63) is 41.5 Å². The monoisotopic (exact) mass is 515 g/mol. The summed E-state index contributed by atoms with van der Waals surface area (Å²) in [6, 6.07) is 6.18. The van der Waals surface area contributed by atoms with Gasteiger partial charge in [-0.2, -0.15) is 13.2 Å². The van der Waals surface area contributed by atoms with Crippen LogP contribution in [-0.2, 0) is 25.6 Å². The largest absolute Gasteiger partial charge is 0.780 e. The fourth-order valence-electron chi connectivity index (χ4n) is 4.56. The number of hydrogen-bond donors (Lipinski definition) is 1. The average Bonchev–Trinajstić information content (AvgIpc) is 2.70. The van der Waals surface area contributed by atoms with Gasteiger partial charge in [-0.05, 0) is 72.4 Å². The molecule has 35 heavy (non-hydrogen) atoms. The summed E-state index contributed by atoms with van der Waals surface area (Å²) in [5.41, 5.74) is 2.96. The minimum Gasteiger partial charge on any atom is -0.780 e. The lowest BCUT2D eigenvalue weighted by atomic mass is 9.72. The predicted molar refractivity (Wildman–Crippen MR) is 120 cm³/mol. The number of carbonyl (C=O) groups is 1. The lowest BCUT2D eigenvalue weighted by Gasteiger charge is -2.37. The van der Waals surface area contributed by atoms with E-state index in [1.165, 1.54) is 18.2 Å². The zero-order valence-electron chi connectivity index (χ0n) is 20.0. The minimum absolute atomic E-state index is 0.0225. The van der Waals surface area contributed by atoms with E-state index in [9.17, 15) is 32.3 Å². The highest BCUT2D eigenvalue weighted by Crippen LogP contribution is 2.44. The highest BCUT2D eigenvalue weighted by Gasteiger charge is 2.39. The Hall–Kier alpha value is -2.13. The number of hydrogen-bond acceptors (Lipinski definition) is 7. The van der Waals surface area contributed by atoms with Gasteiger partial charge in [0.2, 0.25) is 0 Å². The van der Waals surface area contributed by atoms with Crippen LogP contribution in [-0.4, -0.2) is 12.1 Å². The van der Waals surface area contributed by atoms with Crippen molar-refractivity contribution in [1.29, 1.82) is 0 Å². The first-order valence-electron chi connectivity index (χ1n) is 11.3. The second-order valence-corrected chi connectivity index (χ2v) is 11.4. The molecule has 7 nitrogen and oxygen atoms in total. The van der Waals surface area contributed by atoms with Gasteiger partial charge in [-0.1, -0.05) is 39.0 Å². The van der Waals surface area contributed by atoms with E-state index in [0.717, 1.165) is 31.9 Å². The predicted octanol–water partition coefficient (Wildman–Crippen LogP) is 4.39. The maximum Gasteiger partial charge on any atom is 0.420 e. The summed E-state index contributed by atoms with van der Waals surface area (Å²) in [7, 11) is -5.65. The minimum atomic E-state index is -5.65. The van der Waals surface area contributed by atoms with Crippen LogP contribution < -0.4 is 20.3 Å². The number of phosphoric ester groups is 1. The number of alkyl halides is 3. The highest BCUT2D eigenvalue weighted by atomic mass is 31.2. The van der Waals surface area contributed by atoms with Crippen molar-refractivity contribution in [2.24, 2.45) is 17.1 Å². The summed E-state index contributed by atoms with van der Waals surface area (Å²) in [5, 5.41) is -0.0554. The zero-order valence-corrected chi connectivity index (χ0v) is 20.9. The summed E-state index contributed by atoms with van der Waals surface area (Å²) >= 11 is 0. The topological polar surface area (TPSA) is 125 Å². The Morgan fingerprint density at radius 1 is 1.03 bits per heavy atom. The molecule has 1 fully saturated rings. The molecule has 1 saturated carbocycles. The van der Waals surface area contributed by atoms with E-state index in [1.807, 2.05) is 0 Å². The lowest BCUT2D eigenvalue weighted by molar-refractivity contribution is -0.338. The fourth-order valence-corrected chi connectivity index (χ4v) is 4.96. The number of benzene rings is 2. The van der Waals surface area contributed by atoms with Crippen molar-refractivity contribution in [2.45, 2.75) is 71.2 Å². The molecule has 3 rings (SSSR count). The Balaban J connectivity index is 1.94. The third-order valence-corrected chi connectivity index (χ3v) is 7.07. The summed E-state index contributed by atoms with van der Waals surface area (Å²) in [6.07, 6.45) is -1.99. The normalized spacial score (nSPS) is 21.4. The number of carbonyl (C=O) groups excluding carboxylic acids is 1. The smallest absolute Gasteiger partial charge is 0.420 e. The summed E-state index contributed by atoms with van der Waals surface area (Å²) in [4.78, 5) is 33.7. The van der Waals surface area contributed by atoms with Crippen LogP contribution in [0.2, 0.25) is 0 Å². The highest BCUT2D eigenvalue weighted by molar-refractivity contribution is 7.43. The molecule has 0 spiro atoms. The molecule has 0 radical (unpaired) electrons. The fraction of sp³-hybridized carbons (Fsp3) is 0.542. The van der Waals surface area contributed by atoms with Crippen LogP contribution in [0.5, 0.6) is 5.75 Å². The first kappa shape index (κ1) is 27.5. The molecular weight excluding hydrogens is 486 g/mol. The van der Waals surface area contributed by atoms with E-state index < -0.39 is 31.1 Å². The molecule has 1 aliphatic carbocycles. The molecule has 0 aliphatic heterocycles. The molecular formula is C24H29F3NO6P-2. The number of ether oxygens (including phenoxy) is 1. The van der Waals surface area contributed by atoms with Crippen molar-refractivity contribution in [1.82, 2.24) is 0 Å². The molecule has 0 heterocycles. The molecule has 2 aromatic rings. The van der Waals surface area contributed by atoms with E-state index in [0.29, 0.717) is 18.8 Å². The van der Waals surface area contributed by atoms with E-state index in [4.69, 9.17) is 10.5 Å². The van der Waals surface area contributed by atoms with Crippen molar-refractivity contribution in [3.8, 4) is 5.75 Å². The summed E-state index contributed by atoms with van der Waals surface area (Å²) in [5.74, 6) is -1.33. The van der Waals surface area contributed by atoms with Crippen LogP contribution in [0.1, 0.15) is 64.5 Å². The quantitative estimate of drug-likeness (QED) is 0.586. The van der Waals surface area contributed by atoms with Crippen LogP contribution in [0.3, 0.4) is 0 Å². The van der Waals surface area contributed by atoms with Gasteiger partial charge in [-0.25, -0.2) is 4.79 Å². The molecule has 0 saturated heterocycles. The van der Waals surface area contributed by atoms with Crippen molar-refractivity contribution < 1.29 is 41.6 Å². The number of nitrogens with two attached hydrogens (primary N) is 1. The van der Waals surface area contributed by atoms with Crippen LogP contribution in [0.25, 0.3) is 10.8 Å². The van der Waals surface area contributed by atoms with Crippen LogP contribution in [0.15, 0.2) is 30.3 Å². The van der Waals surface area contributed by atoms with Crippen molar-refractivity contribution in [3.63, 3.8) is 0 Å². The molecule has 1 atom stereocenters. The number of rotatable bonds is 5. The third-order valence-electron chi connectivity index (χ3n) is 6.68. The molecule has 2 N–H and O–H groups in total. The second-order valence-electron chi connectivity index (χ2n) is 10.4. The molecule has 1 aliphatic rings. The number of fused-ring (bicyclic) bond motifs is 1. The van der Waals surface area contributed by atoms with Gasteiger partial charge in [-0.3, -0.25) is 0 Å². The molecule has 0 bridgehead atoms. The van der Waals surface area contributed by atoms with E-state index in [2.05, 4.69) is 25.3 Å².